The molecule has 0 saturated heterocycles. The number of para-hydroxylation sites is 1. The zero-order valence-corrected chi connectivity index (χ0v) is 13.4. The first-order valence-electron chi connectivity index (χ1n) is 7.53. The Morgan fingerprint density at radius 3 is 2.78 bits per heavy atom. The maximum Gasteiger partial charge on any atom is 0.275 e. The lowest BCUT2D eigenvalue weighted by molar-refractivity contribution is 0.0952. The third-order valence-electron chi connectivity index (χ3n) is 3.48. The molecule has 4 N–H and O–H groups in total. The van der Waals surface area contributed by atoms with Crippen molar-refractivity contribution in [2.45, 2.75) is 25.3 Å². The van der Waals surface area contributed by atoms with E-state index >= 15 is 0 Å². The van der Waals surface area contributed by atoms with Gasteiger partial charge in [0, 0.05) is 17.8 Å². The number of hydrogen-bond acceptors (Lipinski definition) is 5. The Kier molecular flexibility index (Phi) is 4.68. The molecule has 1 fully saturated rings. The lowest BCUT2D eigenvalue weighted by Crippen LogP contribution is -2.27. The first kappa shape index (κ1) is 15.6. The number of anilines is 1. The van der Waals surface area contributed by atoms with Crippen molar-refractivity contribution >= 4 is 28.8 Å². The highest BCUT2D eigenvalue weighted by molar-refractivity contribution is 7.09. The number of carbonyl (C=O) groups excluding carboxylic acids is 2. The molecule has 0 bridgehead atoms. The highest BCUT2D eigenvalue weighted by Gasteiger charge is 2.25. The molecular formula is C16H18N4O2S. The van der Waals surface area contributed by atoms with Crippen molar-refractivity contribution in [2.24, 2.45) is 5.73 Å². The van der Waals surface area contributed by atoms with Crippen LogP contribution in [0.25, 0.3) is 0 Å². The van der Waals surface area contributed by atoms with Crippen LogP contribution >= 0.6 is 11.3 Å². The molecular weight excluding hydrogens is 312 g/mol. The van der Waals surface area contributed by atoms with Crippen LogP contribution in [0.3, 0.4) is 0 Å². The van der Waals surface area contributed by atoms with Crippen LogP contribution in [0, 0.1) is 0 Å². The van der Waals surface area contributed by atoms with Crippen molar-refractivity contribution in [2.75, 3.05) is 11.9 Å². The molecule has 6 nitrogen and oxygen atoms in total. The summed E-state index contributed by atoms with van der Waals surface area (Å²) in [4.78, 5) is 28.8. The van der Waals surface area contributed by atoms with Crippen molar-refractivity contribution in [3.8, 4) is 0 Å². The third kappa shape index (κ3) is 3.94. The van der Waals surface area contributed by atoms with Crippen molar-refractivity contribution < 1.29 is 9.59 Å². The minimum atomic E-state index is -0.323. The standard InChI is InChI=1S/C16H18N4O2S/c17-8-7-14-19-13(9-23-14)16(22)20-12-4-2-1-3-11(12)15(21)18-10-5-6-10/h1-4,9-10H,5-8,17H2,(H,18,21)(H,20,22). The number of amides is 2. The lowest BCUT2D eigenvalue weighted by Gasteiger charge is -2.10. The van der Waals surface area contributed by atoms with Gasteiger partial charge in [-0.05, 0) is 31.5 Å². The van der Waals surface area contributed by atoms with Gasteiger partial charge < -0.3 is 16.4 Å². The number of nitrogens with zero attached hydrogens (tertiary/aromatic N) is 1. The SMILES string of the molecule is NCCc1nc(C(=O)Nc2ccccc2C(=O)NC2CC2)cs1. The summed E-state index contributed by atoms with van der Waals surface area (Å²) in [6, 6.07) is 7.24. The third-order valence-corrected chi connectivity index (χ3v) is 4.38. The molecule has 0 radical (unpaired) electrons. The smallest absolute Gasteiger partial charge is 0.275 e. The van der Waals surface area contributed by atoms with Crippen molar-refractivity contribution in [1.82, 2.24) is 10.3 Å². The van der Waals surface area contributed by atoms with Gasteiger partial charge >= 0.3 is 0 Å². The lowest BCUT2D eigenvalue weighted by atomic mass is 10.1. The fraction of sp³-hybridized carbons (Fsp3) is 0.312. The summed E-state index contributed by atoms with van der Waals surface area (Å²) < 4.78 is 0. The minimum Gasteiger partial charge on any atom is -0.349 e. The molecule has 7 heteroatoms. The van der Waals surface area contributed by atoms with Crippen molar-refractivity contribution in [1.29, 1.82) is 0 Å². The van der Waals surface area contributed by atoms with Crippen LogP contribution in [0.2, 0.25) is 0 Å². The number of rotatable bonds is 6. The summed E-state index contributed by atoms with van der Waals surface area (Å²) in [6.07, 6.45) is 2.68. The van der Waals surface area contributed by atoms with E-state index in [2.05, 4.69) is 15.6 Å². The van der Waals surface area contributed by atoms with Gasteiger partial charge in [0.2, 0.25) is 0 Å². The van der Waals surface area contributed by atoms with E-state index in [4.69, 9.17) is 5.73 Å². The van der Waals surface area contributed by atoms with Crippen LogP contribution in [0.15, 0.2) is 29.6 Å². The van der Waals surface area contributed by atoms with E-state index < -0.39 is 0 Å². The Hall–Kier alpha value is -2.25. The Bertz CT molecular complexity index is 724. The maximum atomic E-state index is 12.3. The van der Waals surface area contributed by atoms with Crippen LogP contribution in [0.5, 0.6) is 0 Å². The van der Waals surface area contributed by atoms with Crippen LogP contribution in [-0.2, 0) is 6.42 Å². The van der Waals surface area contributed by atoms with E-state index in [0.717, 1.165) is 17.8 Å². The van der Waals surface area contributed by atoms with Gasteiger partial charge in [0.25, 0.3) is 11.8 Å². The molecule has 0 spiro atoms. The zero-order valence-electron chi connectivity index (χ0n) is 12.5. The number of nitrogens with two attached hydrogens (primary N) is 1. The van der Waals surface area contributed by atoms with E-state index in [1.807, 2.05) is 0 Å². The molecule has 120 valence electrons. The summed E-state index contributed by atoms with van der Waals surface area (Å²) in [7, 11) is 0. The van der Waals surface area contributed by atoms with Crippen LogP contribution in [-0.4, -0.2) is 29.4 Å². The largest absolute Gasteiger partial charge is 0.349 e. The van der Waals surface area contributed by atoms with Gasteiger partial charge in [-0.2, -0.15) is 0 Å². The normalized spacial score (nSPS) is 13.6. The van der Waals surface area contributed by atoms with Gasteiger partial charge in [-0.3, -0.25) is 9.59 Å². The Morgan fingerprint density at radius 2 is 2.04 bits per heavy atom. The van der Waals surface area contributed by atoms with E-state index in [0.29, 0.717) is 29.9 Å². The quantitative estimate of drug-likeness (QED) is 0.752. The first-order chi connectivity index (χ1) is 11.2. The molecule has 0 aliphatic heterocycles. The monoisotopic (exact) mass is 330 g/mol. The summed E-state index contributed by atoms with van der Waals surface area (Å²) in [5.41, 5.74) is 6.79. The molecule has 23 heavy (non-hydrogen) atoms. The predicted molar refractivity (Wildman–Crippen MR) is 89.8 cm³/mol. The van der Waals surface area contributed by atoms with E-state index in [1.165, 1.54) is 11.3 Å². The highest BCUT2D eigenvalue weighted by atomic mass is 32.1. The molecule has 3 rings (SSSR count). The van der Waals surface area contributed by atoms with Gasteiger partial charge in [0.1, 0.15) is 5.69 Å². The predicted octanol–water partition coefficient (Wildman–Crippen LogP) is 1.79. The fourth-order valence-corrected chi connectivity index (χ4v) is 2.91. The molecule has 1 heterocycles. The molecule has 2 amide bonds. The van der Waals surface area contributed by atoms with E-state index in [-0.39, 0.29) is 17.9 Å². The summed E-state index contributed by atoms with van der Waals surface area (Å²) in [5.74, 6) is -0.485. The maximum absolute atomic E-state index is 12.3. The van der Waals surface area contributed by atoms with E-state index in [9.17, 15) is 9.59 Å². The van der Waals surface area contributed by atoms with Crippen molar-refractivity contribution in [3.63, 3.8) is 0 Å². The van der Waals surface area contributed by atoms with Gasteiger partial charge in [-0.15, -0.1) is 11.3 Å². The van der Waals surface area contributed by atoms with E-state index in [1.54, 1.807) is 29.6 Å². The molecule has 1 aliphatic carbocycles. The summed E-state index contributed by atoms with van der Waals surface area (Å²) in [6.45, 7) is 0.499. The van der Waals surface area contributed by atoms with Crippen LogP contribution < -0.4 is 16.4 Å². The number of carbonyl (C=O) groups is 2. The molecule has 1 aromatic heterocycles. The number of hydrogen-bond donors (Lipinski definition) is 3. The van der Waals surface area contributed by atoms with Gasteiger partial charge in [0.15, 0.2) is 0 Å². The van der Waals surface area contributed by atoms with Gasteiger partial charge in [0.05, 0.1) is 16.3 Å². The Morgan fingerprint density at radius 1 is 1.26 bits per heavy atom. The molecule has 1 aliphatic rings. The van der Waals surface area contributed by atoms with Crippen LogP contribution in [0.1, 0.15) is 38.7 Å². The topological polar surface area (TPSA) is 97.1 Å². The number of thiazole rings is 1. The second-order valence-electron chi connectivity index (χ2n) is 5.41. The number of aromatic nitrogens is 1. The summed E-state index contributed by atoms with van der Waals surface area (Å²) in [5, 5.41) is 8.23. The summed E-state index contributed by atoms with van der Waals surface area (Å²) >= 11 is 1.41. The molecule has 0 atom stereocenters. The Balaban J connectivity index is 1.73. The zero-order chi connectivity index (χ0) is 16.2. The molecule has 2 aromatic rings. The average Bonchev–Trinajstić information content (AvgIpc) is 3.23. The number of nitrogens with one attached hydrogen (secondary N) is 2. The molecule has 1 saturated carbocycles. The minimum absolute atomic E-state index is 0.162. The van der Waals surface area contributed by atoms with Gasteiger partial charge in [-0.25, -0.2) is 4.98 Å². The Labute approximate surface area is 138 Å². The second kappa shape index (κ2) is 6.89. The number of benzene rings is 1. The van der Waals surface area contributed by atoms with Crippen molar-refractivity contribution in [3.05, 3.63) is 45.9 Å². The fourth-order valence-electron chi connectivity index (χ4n) is 2.12. The second-order valence-corrected chi connectivity index (χ2v) is 6.36. The molecule has 0 unspecified atom stereocenters. The average molecular weight is 330 g/mol. The van der Waals surface area contributed by atoms with Crippen LogP contribution in [0.4, 0.5) is 5.69 Å². The molecule has 1 aromatic carbocycles. The van der Waals surface area contributed by atoms with Gasteiger partial charge in [-0.1, -0.05) is 12.1 Å². The highest BCUT2D eigenvalue weighted by Crippen LogP contribution is 2.22. The first-order valence-corrected chi connectivity index (χ1v) is 8.41.